The molecule has 0 aliphatic heterocycles. The Morgan fingerprint density at radius 2 is 1.19 bits per heavy atom. The van der Waals surface area contributed by atoms with Gasteiger partial charge in [-0.05, 0) is 30.4 Å². The third-order valence-corrected chi connectivity index (χ3v) is 3.83. The molecule has 1 fully saturated rings. The molecular formula is C14H25ClO. The van der Waals surface area contributed by atoms with Gasteiger partial charge in [0.1, 0.15) is 0 Å². The van der Waals surface area contributed by atoms with Gasteiger partial charge in [-0.15, -0.1) is 0 Å². The van der Waals surface area contributed by atoms with Crippen LogP contribution in [0.25, 0.3) is 0 Å². The van der Waals surface area contributed by atoms with E-state index in [1.54, 1.807) is 0 Å². The summed E-state index contributed by atoms with van der Waals surface area (Å²) in [6.45, 7) is 0. The first-order chi connectivity index (χ1) is 7.79. The Labute approximate surface area is 105 Å². The molecule has 0 N–H and O–H groups in total. The smallest absolute Gasteiger partial charge is 0.221 e. The van der Waals surface area contributed by atoms with Gasteiger partial charge in [-0.1, -0.05) is 57.8 Å². The molecule has 0 unspecified atom stereocenters. The molecule has 1 aliphatic carbocycles. The average molecular weight is 245 g/mol. The van der Waals surface area contributed by atoms with Crippen LogP contribution in [0.1, 0.15) is 77.0 Å². The summed E-state index contributed by atoms with van der Waals surface area (Å²) < 4.78 is 0. The normalized spacial score (nSPS) is 22.1. The number of carbonyl (C=O) groups excluding carboxylic acids is 1. The zero-order valence-electron chi connectivity index (χ0n) is 10.3. The molecule has 0 heterocycles. The second-order valence-corrected chi connectivity index (χ2v) is 5.61. The summed E-state index contributed by atoms with van der Waals surface area (Å²) in [6, 6.07) is 0. The SMILES string of the molecule is O=C(Cl)CC1CCCCCCCCCCC1. The Morgan fingerprint density at radius 3 is 1.56 bits per heavy atom. The van der Waals surface area contributed by atoms with E-state index in [0.29, 0.717) is 12.3 Å². The fourth-order valence-electron chi connectivity index (χ4n) is 2.68. The molecule has 1 nitrogen and oxygen atoms in total. The Kier molecular flexibility index (Phi) is 7.92. The molecular weight excluding hydrogens is 220 g/mol. The molecule has 0 atom stereocenters. The number of carbonyl (C=O) groups is 1. The fraction of sp³-hybridized carbons (Fsp3) is 0.929. The van der Waals surface area contributed by atoms with E-state index < -0.39 is 0 Å². The molecule has 0 radical (unpaired) electrons. The van der Waals surface area contributed by atoms with Crippen LogP contribution >= 0.6 is 11.6 Å². The van der Waals surface area contributed by atoms with Crippen molar-refractivity contribution in [2.24, 2.45) is 5.92 Å². The van der Waals surface area contributed by atoms with E-state index in [0.717, 1.165) is 0 Å². The minimum Gasteiger partial charge on any atom is -0.281 e. The first-order valence-electron chi connectivity index (χ1n) is 6.97. The maximum atomic E-state index is 11.0. The zero-order chi connectivity index (χ0) is 11.6. The van der Waals surface area contributed by atoms with Crippen molar-refractivity contribution in [3.8, 4) is 0 Å². The van der Waals surface area contributed by atoms with Crippen molar-refractivity contribution in [2.45, 2.75) is 77.0 Å². The topological polar surface area (TPSA) is 17.1 Å². The third kappa shape index (κ3) is 7.27. The van der Waals surface area contributed by atoms with Crippen LogP contribution in [0.2, 0.25) is 0 Å². The van der Waals surface area contributed by atoms with Crippen LogP contribution < -0.4 is 0 Å². The van der Waals surface area contributed by atoms with E-state index in [1.165, 1.54) is 70.6 Å². The first-order valence-corrected chi connectivity index (χ1v) is 7.35. The van der Waals surface area contributed by atoms with Gasteiger partial charge in [0.25, 0.3) is 0 Å². The second kappa shape index (κ2) is 9.04. The van der Waals surface area contributed by atoms with Gasteiger partial charge in [0.15, 0.2) is 0 Å². The molecule has 2 heteroatoms. The molecule has 1 aliphatic rings. The Morgan fingerprint density at radius 1 is 0.812 bits per heavy atom. The summed E-state index contributed by atoms with van der Waals surface area (Å²) in [5.74, 6) is 0.560. The zero-order valence-corrected chi connectivity index (χ0v) is 11.1. The highest BCUT2D eigenvalue weighted by molar-refractivity contribution is 6.63. The molecule has 0 bridgehead atoms. The minimum atomic E-state index is -0.142. The third-order valence-electron chi connectivity index (χ3n) is 3.67. The lowest BCUT2D eigenvalue weighted by Gasteiger charge is -2.15. The van der Waals surface area contributed by atoms with Crippen molar-refractivity contribution in [3.63, 3.8) is 0 Å². The van der Waals surface area contributed by atoms with Crippen LogP contribution in [-0.2, 0) is 4.79 Å². The molecule has 1 rings (SSSR count). The van der Waals surface area contributed by atoms with Crippen molar-refractivity contribution >= 4 is 16.8 Å². The molecule has 1 saturated carbocycles. The number of hydrogen-bond acceptors (Lipinski definition) is 1. The van der Waals surface area contributed by atoms with Gasteiger partial charge in [0.05, 0.1) is 0 Å². The van der Waals surface area contributed by atoms with E-state index >= 15 is 0 Å². The van der Waals surface area contributed by atoms with Crippen LogP contribution in [0.3, 0.4) is 0 Å². The lowest BCUT2D eigenvalue weighted by molar-refractivity contribution is -0.112. The number of hydrogen-bond donors (Lipinski definition) is 0. The molecule has 0 saturated heterocycles. The van der Waals surface area contributed by atoms with Crippen molar-refractivity contribution in [2.75, 3.05) is 0 Å². The van der Waals surface area contributed by atoms with Gasteiger partial charge in [0.2, 0.25) is 5.24 Å². The Balaban J connectivity index is 2.27. The average Bonchev–Trinajstić information content (AvgIpc) is 2.21. The van der Waals surface area contributed by atoms with Crippen LogP contribution in [0, 0.1) is 5.92 Å². The molecule has 0 aromatic heterocycles. The summed E-state index contributed by atoms with van der Waals surface area (Å²) in [4.78, 5) is 11.0. The van der Waals surface area contributed by atoms with E-state index in [9.17, 15) is 4.79 Å². The predicted octanol–water partition coefficient (Wildman–Crippen LogP) is 5.06. The van der Waals surface area contributed by atoms with Crippen LogP contribution in [0.5, 0.6) is 0 Å². The van der Waals surface area contributed by atoms with Crippen molar-refractivity contribution in [3.05, 3.63) is 0 Å². The van der Waals surface area contributed by atoms with E-state index in [1.807, 2.05) is 0 Å². The minimum absolute atomic E-state index is 0.142. The summed E-state index contributed by atoms with van der Waals surface area (Å²) >= 11 is 5.50. The Hall–Kier alpha value is -0.0400. The van der Waals surface area contributed by atoms with Crippen molar-refractivity contribution in [1.29, 1.82) is 0 Å². The first kappa shape index (κ1) is 14.0. The maximum absolute atomic E-state index is 11.0. The molecule has 0 spiro atoms. The maximum Gasteiger partial charge on any atom is 0.221 e. The molecule has 94 valence electrons. The summed E-state index contributed by atoms with van der Waals surface area (Å²) in [7, 11) is 0. The van der Waals surface area contributed by atoms with Crippen LogP contribution in [0.15, 0.2) is 0 Å². The fourth-order valence-corrected chi connectivity index (χ4v) is 2.90. The monoisotopic (exact) mass is 244 g/mol. The highest BCUT2D eigenvalue weighted by atomic mass is 35.5. The van der Waals surface area contributed by atoms with E-state index in [-0.39, 0.29) is 5.24 Å². The van der Waals surface area contributed by atoms with Gasteiger partial charge in [-0.2, -0.15) is 0 Å². The van der Waals surface area contributed by atoms with Crippen LogP contribution in [0.4, 0.5) is 0 Å². The molecule has 0 aromatic rings. The molecule has 0 amide bonds. The van der Waals surface area contributed by atoms with Gasteiger partial charge < -0.3 is 0 Å². The standard InChI is InChI=1S/C14H25ClO/c15-14(16)12-13-10-8-6-4-2-1-3-5-7-9-11-13/h13H,1-12H2. The number of halogens is 1. The molecule has 0 aromatic carbocycles. The highest BCUT2D eigenvalue weighted by Crippen LogP contribution is 2.24. The quantitative estimate of drug-likeness (QED) is 0.621. The van der Waals surface area contributed by atoms with Crippen molar-refractivity contribution in [1.82, 2.24) is 0 Å². The highest BCUT2D eigenvalue weighted by Gasteiger charge is 2.12. The lowest BCUT2D eigenvalue weighted by Crippen LogP contribution is -2.05. The van der Waals surface area contributed by atoms with Gasteiger partial charge >= 0.3 is 0 Å². The van der Waals surface area contributed by atoms with Gasteiger partial charge in [0, 0.05) is 6.42 Å². The molecule has 16 heavy (non-hydrogen) atoms. The van der Waals surface area contributed by atoms with Crippen LogP contribution in [-0.4, -0.2) is 5.24 Å². The summed E-state index contributed by atoms with van der Waals surface area (Å²) in [5, 5.41) is -0.142. The summed E-state index contributed by atoms with van der Waals surface area (Å²) in [6.07, 6.45) is 15.2. The summed E-state index contributed by atoms with van der Waals surface area (Å²) in [5.41, 5.74) is 0. The lowest BCUT2D eigenvalue weighted by atomic mass is 9.91. The van der Waals surface area contributed by atoms with Crippen molar-refractivity contribution < 1.29 is 4.79 Å². The number of rotatable bonds is 2. The second-order valence-electron chi connectivity index (χ2n) is 5.18. The van der Waals surface area contributed by atoms with E-state index in [4.69, 9.17) is 11.6 Å². The van der Waals surface area contributed by atoms with E-state index in [2.05, 4.69) is 0 Å². The van der Waals surface area contributed by atoms with Gasteiger partial charge in [-0.3, -0.25) is 4.79 Å². The largest absolute Gasteiger partial charge is 0.281 e. The Bertz CT molecular complexity index is 179. The predicted molar refractivity (Wildman–Crippen MR) is 69.8 cm³/mol. The van der Waals surface area contributed by atoms with Gasteiger partial charge in [-0.25, -0.2) is 0 Å².